The van der Waals surface area contributed by atoms with Crippen molar-refractivity contribution in [2.24, 2.45) is 0 Å². The van der Waals surface area contributed by atoms with Crippen molar-refractivity contribution < 1.29 is 58.3 Å². The topological polar surface area (TPSA) is 311 Å². The zero-order chi connectivity index (χ0) is 44.2. The van der Waals surface area contributed by atoms with E-state index in [1.807, 2.05) is 36.4 Å². The van der Waals surface area contributed by atoms with Crippen LogP contribution in [0.4, 0.5) is 0 Å². The van der Waals surface area contributed by atoms with Crippen LogP contribution in [0.2, 0.25) is 0 Å². The first-order chi connectivity index (χ1) is 31.3. The summed E-state index contributed by atoms with van der Waals surface area (Å²) in [4.78, 5) is 0. The molecule has 6 aromatic rings. The number of fused-ring (bicyclic) bond motifs is 8. The number of aromatic amines is 2. The van der Waals surface area contributed by atoms with Crippen LogP contribution in [0, 0.1) is 22.7 Å². The van der Waals surface area contributed by atoms with E-state index < -0.39 is 0 Å². The molecule has 0 spiro atoms. The van der Waals surface area contributed by atoms with Crippen molar-refractivity contribution in [2.75, 3.05) is 40.0 Å². The monoisotopic (exact) mass is 866 g/mol. The Hall–Kier alpha value is -9.44. The van der Waals surface area contributed by atoms with E-state index in [0.29, 0.717) is 81.6 Å². The van der Waals surface area contributed by atoms with Crippen LogP contribution >= 0.6 is 0 Å². The number of hydrogen-bond donors (Lipinski definition) is 6. The van der Waals surface area contributed by atoms with Gasteiger partial charge in [-0.1, -0.05) is 0 Å². The number of rotatable bonds is 2. The van der Waals surface area contributed by atoms with Gasteiger partial charge in [-0.2, -0.15) is 21.0 Å². The number of nitriles is 2. The number of ether oxygens (including phenoxy) is 8. The smallest absolute Gasteiger partial charge is 0.231 e. The summed E-state index contributed by atoms with van der Waals surface area (Å²) in [5, 5.41) is 82.3. The highest BCUT2D eigenvalue weighted by molar-refractivity contribution is 5.86. The molecule has 0 radical (unpaired) electrons. The SMILES string of the molecule is C1=C(c2nn[nH]n2)COc2c1ccc1c2OCO1.N#CC1=Cc2ccc(O)c(O)c2OC1.N#CC1=Cc2ccc3c(c2OC1)OCO3.Oc1ccc2c(c1O)OCC(c1nn[nH]n1)=C2. The number of nitrogens with zero attached hydrogens (tertiary/aromatic N) is 8. The van der Waals surface area contributed by atoms with Gasteiger partial charge in [0.25, 0.3) is 0 Å². The molecule has 22 heteroatoms. The van der Waals surface area contributed by atoms with E-state index in [9.17, 15) is 20.4 Å². The number of phenolic OH excluding ortho intramolecular Hbond substituents is 4. The predicted octanol–water partition coefficient (Wildman–Crippen LogP) is 4.52. The number of nitrogens with one attached hydrogen (secondary N) is 2. The van der Waals surface area contributed by atoms with Gasteiger partial charge < -0.3 is 58.3 Å². The molecule has 0 unspecified atom stereocenters. The highest BCUT2D eigenvalue weighted by Crippen LogP contribution is 2.47. The van der Waals surface area contributed by atoms with Gasteiger partial charge in [-0.3, -0.25) is 0 Å². The van der Waals surface area contributed by atoms with Crippen molar-refractivity contribution >= 4 is 35.5 Å². The summed E-state index contributed by atoms with van der Waals surface area (Å²) in [6, 6.07) is 17.5. The predicted molar refractivity (Wildman–Crippen MR) is 218 cm³/mol. The van der Waals surface area contributed by atoms with Gasteiger partial charge >= 0.3 is 0 Å². The normalized spacial score (nSPS) is 14.8. The molecule has 0 amide bonds. The minimum absolute atomic E-state index is 0.126. The van der Waals surface area contributed by atoms with Gasteiger partial charge in [0, 0.05) is 33.4 Å². The van der Waals surface area contributed by atoms with Crippen LogP contribution < -0.4 is 37.9 Å². The molecule has 2 aromatic heterocycles. The Morgan fingerprint density at radius 2 is 0.859 bits per heavy atom. The van der Waals surface area contributed by atoms with Crippen LogP contribution in [0.25, 0.3) is 35.5 Å². The molecular weight excluding hydrogens is 837 g/mol. The van der Waals surface area contributed by atoms with E-state index in [1.165, 1.54) is 12.1 Å². The molecule has 0 saturated carbocycles. The average molecular weight is 867 g/mol. The number of hydrogen-bond acceptors (Lipinski definition) is 20. The first-order valence-electron chi connectivity index (χ1n) is 18.8. The van der Waals surface area contributed by atoms with Gasteiger partial charge in [-0.05, 0) is 83.3 Å². The third kappa shape index (κ3) is 7.95. The molecule has 8 heterocycles. The molecule has 0 saturated heterocycles. The Bertz CT molecular complexity index is 2990. The van der Waals surface area contributed by atoms with Crippen LogP contribution in [0.15, 0.2) is 59.7 Å². The third-order valence-electron chi connectivity index (χ3n) is 9.69. The van der Waals surface area contributed by atoms with Crippen molar-refractivity contribution in [3.8, 4) is 81.1 Å². The second-order valence-electron chi connectivity index (χ2n) is 13.7. The summed E-state index contributed by atoms with van der Waals surface area (Å²) in [5.41, 5.74) is 5.76. The van der Waals surface area contributed by atoms with Crippen LogP contribution in [0.5, 0.6) is 69.0 Å². The first-order valence-corrected chi connectivity index (χ1v) is 18.8. The van der Waals surface area contributed by atoms with Crippen molar-refractivity contribution in [1.82, 2.24) is 41.2 Å². The fraction of sp³-hybridized carbons (Fsp3) is 0.143. The quantitative estimate of drug-likeness (QED) is 0.130. The number of benzene rings is 4. The van der Waals surface area contributed by atoms with Gasteiger partial charge in [0.2, 0.25) is 48.2 Å². The molecule has 12 rings (SSSR count). The second kappa shape index (κ2) is 17.3. The summed E-state index contributed by atoms with van der Waals surface area (Å²) in [7, 11) is 0. The molecule has 320 valence electrons. The van der Waals surface area contributed by atoms with Gasteiger partial charge in [0.05, 0.1) is 23.3 Å². The molecule has 64 heavy (non-hydrogen) atoms. The van der Waals surface area contributed by atoms with Gasteiger partial charge in [0.1, 0.15) is 26.4 Å². The lowest BCUT2D eigenvalue weighted by molar-refractivity contribution is 0.170. The molecule has 0 atom stereocenters. The lowest BCUT2D eigenvalue weighted by Gasteiger charge is -2.17. The molecule has 0 fully saturated rings. The molecular formula is C42H30N10O12. The van der Waals surface area contributed by atoms with Gasteiger partial charge in [0.15, 0.2) is 46.0 Å². The first kappa shape index (κ1) is 40.0. The Labute approximate surface area is 359 Å². The number of aromatic nitrogens is 8. The minimum atomic E-state index is -0.282. The summed E-state index contributed by atoms with van der Waals surface area (Å²) in [5.74, 6) is 4.59. The molecule has 0 aliphatic carbocycles. The number of phenols is 4. The Kier molecular flexibility index (Phi) is 10.8. The zero-order valence-corrected chi connectivity index (χ0v) is 32.8. The molecule has 22 nitrogen and oxygen atoms in total. The van der Waals surface area contributed by atoms with Crippen LogP contribution in [0.1, 0.15) is 33.9 Å². The van der Waals surface area contributed by atoms with E-state index in [-0.39, 0.29) is 61.3 Å². The van der Waals surface area contributed by atoms with Crippen LogP contribution in [0.3, 0.4) is 0 Å². The standard InChI is InChI=1S/C11H8N4O3.C11H7NO3.C10H8N4O3.C10H7NO3/c1-2-8-10(18-5-17-8)9-6(1)3-7(4-16-9)11-12-14-15-13-11;12-4-7-3-8-1-2-9-11(15-6-14-9)10(8)13-5-7;15-7-2-1-5-3-6(10-11-13-14-12-10)4-17-9(5)8(7)16;11-4-6-3-7-1-2-8(12)9(13)10(7)14-5-6/h1-3H,4-5H2,(H,12,13,14,15);1-3H,5-6H2;1-3,15-16H,4H2,(H,11,12,13,14);1-3,12-13H,5H2. The maximum atomic E-state index is 9.61. The zero-order valence-electron chi connectivity index (χ0n) is 32.8. The molecule has 0 bridgehead atoms. The Balaban J connectivity index is 0.000000109. The lowest BCUT2D eigenvalue weighted by atomic mass is 10.1. The molecule has 4 aromatic carbocycles. The fourth-order valence-electron chi connectivity index (χ4n) is 6.63. The van der Waals surface area contributed by atoms with Crippen molar-refractivity contribution in [2.45, 2.75) is 0 Å². The Morgan fingerprint density at radius 3 is 1.33 bits per heavy atom. The highest BCUT2D eigenvalue weighted by Gasteiger charge is 2.27. The highest BCUT2D eigenvalue weighted by atomic mass is 16.7. The fourth-order valence-corrected chi connectivity index (χ4v) is 6.63. The van der Waals surface area contributed by atoms with Crippen molar-refractivity contribution in [1.29, 1.82) is 10.5 Å². The van der Waals surface area contributed by atoms with Crippen molar-refractivity contribution in [3.05, 3.63) is 93.6 Å². The maximum absolute atomic E-state index is 9.61. The minimum Gasteiger partial charge on any atom is -0.504 e. The number of aromatic hydroxyl groups is 4. The van der Waals surface area contributed by atoms with E-state index in [4.69, 9.17) is 48.4 Å². The largest absolute Gasteiger partial charge is 0.504 e. The maximum Gasteiger partial charge on any atom is 0.231 e. The molecule has 6 aliphatic heterocycles. The third-order valence-corrected chi connectivity index (χ3v) is 9.69. The summed E-state index contributed by atoms with van der Waals surface area (Å²) < 4.78 is 42.9. The van der Waals surface area contributed by atoms with E-state index in [0.717, 1.165) is 22.3 Å². The average Bonchev–Trinajstić information content (AvgIpc) is 4.20. The second-order valence-corrected chi connectivity index (χ2v) is 13.7. The molecule has 6 N–H and O–H groups in total. The molecule has 6 aliphatic rings. The van der Waals surface area contributed by atoms with Gasteiger partial charge in [-0.25, -0.2) is 0 Å². The lowest BCUT2D eigenvalue weighted by Crippen LogP contribution is -2.08. The van der Waals surface area contributed by atoms with Crippen LogP contribution in [-0.4, -0.2) is 102 Å². The van der Waals surface area contributed by atoms with Crippen LogP contribution in [-0.2, 0) is 0 Å². The number of tetrazole rings is 2. The van der Waals surface area contributed by atoms with Crippen molar-refractivity contribution in [3.63, 3.8) is 0 Å². The van der Waals surface area contributed by atoms with E-state index in [2.05, 4.69) is 47.3 Å². The summed E-state index contributed by atoms with van der Waals surface area (Å²) in [6.07, 6.45) is 7.17. The summed E-state index contributed by atoms with van der Waals surface area (Å²) >= 11 is 0. The Morgan fingerprint density at radius 1 is 0.453 bits per heavy atom. The van der Waals surface area contributed by atoms with Gasteiger partial charge in [-0.15, -0.1) is 20.4 Å². The van der Waals surface area contributed by atoms with E-state index >= 15 is 0 Å². The number of H-pyrrole nitrogens is 2. The van der Waals surface area contributed by atoms with E-state index in [1.54, 1.807) is 30.4 Å². The summed E-state index contributed by atoms with van der Waals surface area (Å²) in [6.45, 7) is 1.47.